The molecule has 0 bridgehead atoms. The summed E-state index contributed by atoms with van der Waals surface area (Å²) < 4.78 is 15.7. The Morgan fingerprint density at radius 1 is 1.20 bits per heavy atom. The van der Waals surface area contributed by atoms with E-state index in [1.807, 2.05) is 18.2 Å². The molecule has 1 aromatic rings. The van der Waals surface area contributed by atoms with Crippen molar-refractivity contribution in [2.45, 2.75) is 0 Å². The molecule has 0 aromatic heterocycles. The number of amides is 1. The molecule has 0 saturated carbocycles. The number of hydrogen-bond donors (Lipinski definition) is 0. The summed E-state index contributed by atoms with van der Waals surface area (Å²) in [6.07, 6.45) is 0. The fraction of sp³-hybridized carbons (Fsp3) is 0.300. The van der Waals surface area contributed by atoms with E-state index in [1.54, 1.807) is 30.9 Å². The number of rotatable bonds is 1. The van der Waals surface area contributed by atoms with Crippen LogP contribution in [0.5, 0.6) is 0 Å². The fourth-order valence-corrected chi connectivity index (χ4v) is 4.20. The molecule has 80 valence electrons. The van der Waals surface area contributed by atoms with Gasteiger partial charge in [0.05, 0.1) is 6.54 Å². The number of carbonyl (C=O) groups excluding carboxylic acids is 1. The molecule has 0 unspecified atom stereocenters. The van der Waals surface area contributed by atoms with Gasteiger partial charge in [0, 0.05) is 12.4 Å². The van der Waals surface area contributed by atoms with Gasteiger partial charge in [0.15, 0.2) is 0 Å². The second-order valence-corrected chi connectivity index (χ2v) is 6.50. The van der Waals surface area contributed by atoms with Gasteiger partial charge >= 0.3 is 0 Å². The molecule has 1 aliphatic rings. The highest BCUT2D eigenvalue weighted by atomic mass is 31.2. The van der Waals surface area contributed by atoms with Crippen LogP contribution in [0.15, 0.2) is 30.3 Å². The van der Waals surface area contributed by atoms with Crippen molar-refractivity contribution < 1.29 is 9.36 Å². The van der Waals surface area contributed by atoms with Crippen LogP contribution in [0, 0.1) is 0 Å². The molecule has 1 atom stereocenters. The van der Waals surface area contributed by atoms with Crippen molar-refractivity contribution in [3.63, 3.8) is 0 Å². The molecule has 0 aliphatic carbocycles. The van der Waals surface area contributed by atoms with Crippen molar-refractivity contribution >= 4 is 18.7 Å². The van der Waals surface area contributed by atoms with Crippen LogP contribution >= 0.6 is 7.44 Å². The van der Waals surface area contributed by atoms with E-state index >= 15 is 0 Å². The van der Waals surface area contributed by atoms with Gasteiger partial charge in [0.25, 0.3) is 7.44 Å². The third-order valence-corrected chi connectivity index (χ3v) is 5.76. The standard InChI is InChI=1S/C10H13N2O2P/c1-11-8-10(13)12(2)15(11,14)9-6-4-3-5-7-9/h3-7H,8H2,1-2H3/t15-/m1/s1. The molecule has 5 heteroatoms. The Balaban J connectivity index is 2.51. The summed E-state index contributed by atoms with van der Waals surface area (Å²) in [6.45, 7) is 0.225. The molecule has 1 aliphatic heterocycles. The first-order chi connectivity index (χ1) is 7.06. The predicted molar refractivity (Wildman–Crippen MR) is 59.1 cm³/mol. The normalized spacial score (nSPS) is 27.3. The number of benzene rings is 1. The van der Waals surface area contributed by atoms with Crippen LogP contribution in [0.4, 0.5) is 0 Å². The Hall–Kier alpha value is -1.12. The summed E-state index contributed by atoms with van der Waals surface area (Å²) in [7, 11) is 0.471. The zero-order valence-electron chi connectivity index (χ0n) is 8.75. The molecule has 4 nitrogen and oxygen atoms in total. The largest absolute Gasteiger partial charge is 0.280 e. The molecule has 1 aromatic carbocycles. The zero-order chi connectivity index (χ0) is 11.1. The quantitative estimate of drug-likeness (QED) is 0.666. The van der Waals surface area contributed by atoms with Gasteiger partial charge in [-0.1, -0.05) is 18.2 Å². The number of carbonyl (C=O) groups is 1. The zero-order valence-corrected chi connectivity index (χ0v) is 9.65. The highest BCUT2D eigenvalue weighted by molar-refractivity contribution is 7.68. The van der Waals surface area contributed by atoms with Crippen molar-refractivity contribution in [2.75, 3.05) is 20.6 Å². The van der Waals surface area contributed by atoms with Crippen molar-refractivity contribution in [1.29, 1.82) is 0 Å². The molecule has 15 heavy (non-hydrogen) atoms. The summed E-state index contributed by atoms with van der Waals surface area (Å²) in [6, 6.07) is 9.13. The van der Waals surface area contributed by atoms with E-state index < -0.39 is 7.44 Å². The Kier molecular flexibility index (Phi) is 2.41. The summed E-state index contributed by atoms with van der Waals surface area (Å²) in [5, 5.41) is 0.709. The molecule has 1 amide bonds. The number of hydrogen-bond acceptors (Lipinski definition) is 2. The Morgan fingerprint density at radius 3 is 2.27 bits per heavy atom. The minimum absolute atomic E-state index is 0.0929. The molecule has 2 rings (SSSR count). The first kappa shape index (κ1) is 10.4. The van der Waals surface area contributed by atoms with Gasteiger partial charge < -0.3 is 0 Å². The molecular weight excluding hydrogens is 211 g/mol. The maximum Gasteiger partial charge on any atom is 0.271 e. The maximum atomic E-state index is 12.7. The van der Waals surface area contributed by atoms with E-state index in [0.717, 1.165) is 0 Å². The van der Waals surface area contributed by atoms with Crippen LogP contribution in [0.1, 0.15) is 0 Å². The van der Waals surface area contributed by atoms with Crippen LogP contribution in [0.25, 0.3) is 0 Å². The van der Waals surface area contributed by atoms with Gasteiger partial charge in [0.1, 0.15) is 0 Å². The Morgan fingerprint density at radius 2 is 1.80 bits per heavy atom. The van der Waals surface area contributed by atoms with E-state index in [2.05, 4.69) is 0 Å². The van der Waals surface area contributed by atoms with Crippen molar-refractivity contribution in [1.82, 2.24) is 9.34 Å². The third kappa shape index (κ3) is 1.41. The lowest BCUT2D eigenvalue weighted by Crippen LogP contribution is -2.23. The van der Waals surface area contributed by atoms with Crippen LogP contribution in [0.2, 0.25) is 0 Å². The molecular formula is C10H13N2O2P. The Bertz CT molecular complexity index is 432. The first-order valence-corrected chi connectivity index (χ1v) is 6.32. The lowest BCUT2D eigenvalue weighted by molar-refractivity contribution is -0.123. The SMILES string of the molecule is CN1CC(=O)N(C)[P@@]1(=O)c1ccccc1. The lowest BCUT2D eigenvalue weighted by atomic mass is 10.4. The molecule has 1 fully saturated rings. The van der Waals surface area contributed by atoms with Crippen LogP contribution in [-0.4, -0.2) is 35.9 Å². The highest BCUT2D eigenvalue weighted by Gasteiger charge is 2.44. The van der Waals surface area contributed by atoms with Gasteiger partial charge in [-0.25, -0.2) is 4.67 Å². The Labute approximate surface area is 89.0 Å². The summed E-state index contributed by atoms with van der Waals surface area (Å²) >= 11 is 0. The summed E-state index contributed by atoms with van der Waals surface area (Å²) in [4.78, 5) is 11.5. The molecule has 0 N–H and O–H groups in total. The minimum Gasteiger partial charge on any atom is -0.280 e. The van der Waals surface area contributed by atoms with Gasteiger partial charge in [-0.2, -0.15) is 0 Å². The number of likely N-dealkylation sites (N-methyl/N-ethyl adjacent to an activating group) is 2. The average molecular weight is 224 g/mol. The summed E-state index contributed by atoms with van der Waals surface area (Å²) in [5.74, 6) is -0.0929. The lowest BCUT2D eigenvalue weighted by Gasteiger charge is -2.24. The van der Waals surface area contributed by atoms with E-state index in [1.165, 1.54) is 4.67 Å². The second kappa shape index (κ2) is 3.47. The second-order valence-electron chi connectivity index (χ2n) is 3.61. The van der Waals surface area contributed by atoms with E-state index in [-0.39, 0.29) is 12.5 Å². The first-order valence-electron chi connectivity index (χ1n) is 4.71. The maximum absolute atomic E-state index is 12.7. The molecule has 1 saturated heterocycles. The monoisotopic (exact) mass is 224 g/mol. The van der Waals surface area contributed by atoms with E-state index in [4.69, 9.17) is 0 Å². The van der Waals surface area contributed by atoms with Crippen LogP contribution < -0.4 is 5.30 Å². The van der Waals surface area contributed by atoms with Gasteiger partial charge in [-0.15, -0.1) is 0 Å². The fourth-order valence-electron chi connectivity index (χ4n) is 1.77. The van der Waals surface area contributed by atoms with Crippen molar-refractivity contribution in [2.24, 2.45) is 0 Å². The van der Waals surface area contributed by atoms with Gasteiger partial charge in [-0.3, -0.25) is 14.0 Å². The van der Waals surface area contributed by atoms with Crippen molar-refractivity contribution in [3.05, 3.63) is 30.3 Å². The average Bonchev–Trinajstić information content (AvgIpc) is 2.45. The summed E-state index contributed by atoms with van der Waals surface area (Å²) in [5.41, 5.74) is 0. The highest BCUT2D eigenvalue weighted by Crippen LogP contribution is 2.53. The number of nitrogens with zero attached hydrogens (tertiary/aromatic N) is 2. The molecule has 1 heterocycles. The van der Waals surface area contributed by atoms with Crippen molar-refractivity contribution in [3.8, 4) is 0 Å². The van der Waals surface area contributed by atoms with E-state index in [9.17, 15) is 9.36 Å². The smallest absolute Gasteiger partial charge is 0.271 e. The van der Waals surface area contributed by atoms with Crippen LogP contribution in [0.3, 0.4) is 0 Å². The molecule has 0 spiro atoms. The topological polar surface area (TPSA) is 40.6 Å². The van der Waals surface area contributed by atoms with Gasteiger partial charge in [0.2, 0.25) is 5.91 Å². The van der Waals surface area contributed by atoms with E-state index in [0.29, 0.717) is 5.30 Å². The minimum atomic E-state index is -2.84. The third-order valence-electron chi connectivity index (χ3n) is 2.69. The van der Waals surface area contributed by atoms with Crippen LogP contribution in [-0.2, 0) is 9.36 Å². The molecule has 0 radical (unpaired) electrons. The van der Waals surface area contributed by atoms with Gasteiger partial charge in [-0.05, 0) is 19.2 Å². The predicted octanol–water partition coefficient (Wildman–Crippen LogP) is 0.909.